The van der Waals surface area contributed by atoms with Crippen molar-refractivity contribution in [2.45, 2.75) is 33.1 Å². The van der Waals surface area contributed by atoms with Gasteiger partial charge in [-0.3, -0.25) is 4.79 Å². The first-order chi connectivity index (χ1) is 6.97. The smallest absolute Gasteiger partial charge is 0.136 e. The second-order valence-corrected chi connectivity index (χ2v) is 3.91. The Labute approximate surface area is 91.5 Å². The van der Waals surface area contributed by atoms with E-state index in [0.717, 1.165) is 13.0 Å². The van der Waals surface area contributed by atoms with E-state index < -0.39 is 0 Å². The highest BCUT2D eigenvalue weighted by Gasteiger charge is 2.14. The molecule has 4 nitrogen and oxygen atoms in total. The Morgan fingerprint density at radius 2 is 2.00 bits per heavy atom. The maximum absolute atomic E-state index is 11.5. The molecule has 4 heteroatoms. The zero-order chi connectivity index (χ0) is 11.8. The molecule has 0 aromatic carbocycles. The van der Waals surface area contributed by atoms with Gasteiger partial charge in [0.05, 0.1) is 7.11 Å². The van der Waals surface area contributed by atoms with Gasteiger partial charge in [-0.1, -0.05) is 6.92 Å². The molecule has 0 fully saturated rings. The molecule has 15 heavy (non-hydrogen) atoms. The molecule has 1 unspecified atom stereocenters. The molecule has 0 spiro atoms. The van der Waals surface area contributed by atoms with E-state index in [-0.39, 0.29) is 17.5 Å². The van der Waals surface area contributed by atoms with Gasteiger partial charge in [0.1, 0.15) is 11.6 Å². The van der Waals surface area contributed by atoms with Gasteiger partial charge in [-0.25, -0.2) is 0 Å². The first-order valence-corrected chi connectivity index (χ1v) is 5.24. The molecule has 1 atom stereocenters. The Hall–Kier alpha value is -0.740. The average molecular weight is 215 g/mol. The lowest BCUT2D eigenvalue weighted by atomic mass is 9.97. The predicted molar refractivity (Wildman–Crippen MR) is 58.3 cm³/mol. The molecule has 0 aliphatic carbocycles. The topological polar surface area (TPSA) is 46.6 Å². The quantitative estimate of drug-likeness (QED) is 0.575. The van der Waals surface area contributed by atoms with Crippen LogP contribution < -0.4 is 0 Å². The highest BCUT2D eigenvalue weighted by molar-refractivity contribution is 5.86. The second-order valence-electron chi connectivity index (χ2n) is 3.91. The summed E-state index contributed by atoms with van der Waals surface area (Å²) in [7, 11) is 3.42. The van der Waals surface area contributed by atoms with Crippen LogP contribution in [0.5, 0.6) is 0 Å². The Kier molecular flexibility index (Phi) is 7.17. The van der Waals surface area contributed by atoms with Gasteiger partial charge in [0.25, 0.3) is 0 Å². The first-order valence-electron chi connectivity index (χ1n) is 5.24. The predicted octanol–water partition coefficient (Wildman–Crippen LogP) is 1.44. The molecular weight excluding hydrogens is 194 g/mol. The minimum atomic E-state index is -0.143. The minimum Gasteiger partial charge on any atom is -0.303 e. The van der Waals surface area contributed by atoms with Crippen LogP contribution in [0.15, 0.2) is 0 Å². The Balaban J connectivity index is 3.69. The number of Topliss-reactive ketones (excluding diaryl/α,β-unsaturated/α-hetero) is 2. The monoisotopic (exact) mass is 215 g/mol. The molecule has 0 rings (SSSR count). The van der Waals surface area contributed by atoms with Crippen LogP contribution in [0.1, 0.15) is 33.1 Å². The summed E-state index contributed by atoms with van der Waals surface area (Å²) in [6, 6.07) is 0. The lowest BCUT2D eigenvalue weighted by Gasteiger charge is -2.13. The third-order valence-electron chi connectivity index (χ3n) is 2.35. The summed E-state index contributed by atoms with van der Waals surface area (Å²) in [5.41, 5.74) is 0. The summed E-state index contributed by atoms with van der Waals surface area (Å²) in [5.74, 6) is 0.0925. The van der Waals surface area contributed by atoms with Crippen molar-refractivity contribution in [3.05, 3.63) is 0 Å². The molecule has 0 aromatic heterocycles. The van der Waals surface area contributed by atoms with Crippen LogP contribution in [0, 0.1) is 5.92 Å². The highest BCUT2D eigenvalue weighted by Crippen LogP contribution is 2.08. The number of hydroxylamine groups is 2. The van der Waals surface area contributed by atoms with Crippen molar-refractivity contribution in [3.8, 4) is 0 Å². The summed E-state index contributed by atoms with van der Waals surface area (Å²) in [6.45, 7) is 4.06. The fourth-order valence-corrected chi connectivity index (χ4v) is 1.36. The molecular formula is C11H21NO3. The average Bonchev–Trinajstić information content (AvgIpc) is 2.16. The largest absolute Gasteiger partial charge is 0.303 e. The maximum Gasteiger partial charge on any atom is 0.136 e. The summed E-state index contributed by atoms with van der Waals surface area (Å²) in [6.07, 6.45) is 1.65. The van der Waals surface area contributed by atoms with Crippen molar-refractivity contribution < 1.29 is 14.4 Å². The Morgan fingerprint density at radius 3 is 2.47 bits per heavy atom. The van der Waals surface area contributed by atoms with Gasteiger partial charge in [0, 0.05) is 32.4 Å². The van der Waals surface area contributed by atoms with E-state index in [9.17, 15) is 9.59 Å². The third-order valence-corrected chi connectivity index (χ3v) is 2.35. The summed E-state index contributed by atoms with van der Waals surface area (Å²) >= 11 is 0. The van der Waals surface area contributed by atoms with E-state index in [1.807, 2.05) is 14.0 Å². The molecule has 0 aliphatic heterocycles. The standard InChI is InChI=1S/C11H21NO3/c1-9(8-10(2)13)11(14)6-5-7-12(3)15-4/h9H,5-8H2,1-4H3. The van der Waals surface area contributed by atoms with Gasteiger partial charge >= 0.3 is 0 Å². The third kappa shape index (κ3) is 7.22. The van der Waals surface area contributed by atoms with E-state index in [4.69, 9.17) is 4.84 Å². The SMILES string of the molecule is CON(C)CCCC(=O)C(C)CC(C)=O. The van der Waals surface area contributed by atoms with Gasteiger partial charge in [-0.2, -0.15) is 5.06 Å². The van der Waals surface area contributed by atoms with E-state index in [0.29, 0.717) is 12.8 Å². The summed E-state index contributed by atoms with van der Waals surface area (Å²) in [5, 5.41) is 1.68. The maximum atomic E-state index is 11.5. The zero-order valence-electron chi connectivity index (χ0n) is 10.1. The van der Waals surface area contributed by atoms with Gasteiger partial charge in [-0.05, 0) is 13.3 Å². The molecule has 0 amide bonds. The van der Waals surface area contributed by atoms with Crippen LogP contribution in [0.4, 0.5) is 0 Å². The van der Waals surface area contributed by atoms with Crippen LogP contribution in [0.3, 0.4) is 0 Å². The van der Waals surface area contributed by atoms with Crippen molar-refractivity contribution in [1.29, 1.82) is 0 Å². The molecule has 0 radical (unpaired) electrons. The van der Waals surface area contributed by atoms with E-state index in [1.54, 1.807) is 12.2 Å². The molecule has 0 bridgehead atoms. The summed E-state index contributed by atoms with van der Waals surface area (Å²) in [4.78, 5) is 27.3. The Morgan fingerprint density at radius 1 is 1.40 bits per heavy atom. The van der Waals surface area contributed by atoms with E-state index in [2.05, 4.69) is 0 Å². The number of carbonyl (C=O) groups is 2. The van der Waals surface area contributed by atoms with Crippen molar-refractivity contribution >= 4 is 11.6 Å². The van der Waals surface area contributed by atoms with Gasteiger partial charge in [-0.15, -0.1) is 0 Å². The normalized spacial score (nSPS) is 12.9. The number of carbonyl (C=O) groups excluding carboxylic acids is 2. The van der Waals surface area contributed by atoms with Crippen LogP contribution >= 0.6 is 0 Å². The molecule has 0 heterocycles. The summed E-state index contributed by atoms with van der Waals surface area (Å²) < 4.78 is 0. The molecule has 0 saturated carbocycles. The minimum absolute atomic E-state index is 0.0739. The van der Waals surface area contributed by atoms with Gasteiger partial charge < -0.3 is 9.63 Å². The second kappa shape index (κ2) is 7.54. The fraction of sp³-hybridized carbons (Fsp3) is 0.818. The molecule has 0 N–H and O–H groups in total. The van der Waals surface area contributed by atoms with Gasteiger partial charge in [0.15, 0.2) is 0 Å². The zero-order valence-corrected chi connectivity index (χ0v) is 10.1. The first kappa shape index (κ1) is 14.3. The number of nitrogens with zero attached hydrogens (tertiary/aromatic N) is 1. The van der Waals surface area contributed by atoms with Crippen molar-refractivity contribution in [2.75, 3.05) is 20.7 Å². The van der Waals surface area contributed by atoms with Crippen LogP contribution in [0.2, 0.25) is 0 Å². The van der Waals surface area contributed by atoms with Crippen molar-refractivity contribution in [3.63, 3.8) is 0 Å². The van der Waals surface area contributed by atoms with E-state index in [1.165, 1.54) is 6.92 Å². The number of ketones is 2. The molecule has 0 aliphatic rings. The van der Waals surface area contributed by atoms with Gasteiger partial charge in [0.2, 0.25) is 0 Å². The van der Waals surface area contributed by atoms with E-state index >= 15 is 0 Å². The lowest BCUT2D eigenvalue weighted by molar-refractivity contribution is -0.128. The van der Waals surface area contributed by atoms with Crippen molar-refractivity contribution in [2.24, 2.45) is 5.92 Å². The number of rotatable bonds is 8. The number of hydrogen-bond acceptors (Lipinski definition) is 4. The van der Waals surface area contributed by atoms with Crippen LogP contribution in [-0.4, -0.2) is 37.3 Å². The lowest BCUT2D eigenvalue weighted by Crippen LogP contribution is -2.20. The molecule has 88 valence electrons. The molecule has 0 aromatic rings. The Bertz CT molecular complexity index is 216. The fourth-order valence-electron chi connectivity index (χ4n) is 1.36. The number of hydrogen-bond donors (Lipinski definition) is 0. The van der Waals surface area contributed by atoms with Crippen molar-refractivity contribution in [1.82, 2.24) is 5.06 Å². The van der Waals surface area contributed by atoms with Crippen LogP contribution in [0.25, 0.3) is 0 Å². The highest BCUT2D eigenvalue weighted by atomic mass is 16.7. The molecule has 0 saturated heterocycles. The van der Waals surface area contributed by atoms with Crippen LogP contribution in [-0.2, 0) is 14.4 Å².